The van der Waals surface area contributed by atoms with Crippen LogP contribution < -0.4 is 0 Å². The van der Waals surface area contributed by atoms with Gasteiger partial charge >= 0.3 is 0 Å². The molecule has 3 aromatic heterocycles. The molecule has 44 heavy (non-hydrogen) atoms. The van der Waals surface area contributed by atoms with Crippen LogP contribution in [-0.4, -0.2) is 15.0 Å². The average molecular weight is 598 g/mol. The van der Waals surface area contributed by atoms with Gasteiger partial charge in [-0.05, 0) is 35.4 Å². The highest BCUT2D eigenvalue weighted by Gasteiger charge is 2.17. The molecule has 5 heteroatoms. The maximum absolute atomic E-state index is 4.97. The molecule has 0 unspecified atom stereocenters. The summed E-state index contributed by atoms with van der Waals surface area (Å²) in [5, 5.41) is 5.21. The van der Waals surface area contributed by atoms with E-state index in [9.17, 15) is 0 Å². The molecule has 9 aromatic rings. The van der Waals surface area contributed by atoms with Crippen molar-refractivity contribution in [2.24, 2.45) is 0 Å². The second-order valence-corrected chi connectivity index (χ2v) is 13.0. The second kappa shape index (κ2) is 10.2. The highest BCUT2D eigenvalue weighted by Crippen LogP contribution is 2.45. The Bertz CT molecular complexity index is 2440. The smallest absolute Gasteiger partial charge is 0.164 e. The molecule has 0 spiro atoms. The van der Waals surface area contributed by atoms with E-state index in [-0.39, 0.29) is 0 Å². The van der Waals surface area contributed by atoms with E-state index in [1.165, 1.54) is 51.5 Å². The lowest BCUT2D eigenvalue weighted by atomic mass is 9.95. The van der Waals surface area contributed by atoms with Crippen LogP contribution >= 0.6 is 22.7 Å². The van der Waals surface area contributed by atoms with Crippen LogP contribution in [0.15, 0.2) is 140 Å². The summed E-state index contributed by atoms with van der Waals surface area (Å²) in [5.74, 6) is 2.01. The van der Waals surface area contributed by atoms with Crippen LogP contribution in [0, 0.1) is 0 Å². The maximum Gasteiger partial charge on any atom is 0.164 e. The molecule has 0 radical (unpaired) electrons. The van der Waals surface area contributed by atoms with Crippen molar-refractivity contribution in [3.8, 4) is 45.3 Å². The van der Waals surface area contributed by atoms with Crippen LogP contribution in [0.5, 0.6) is 0 Å². The summed E-state index contributed by atoms with van der Waals surface area (Å²) in [6, 6.07) is 49.0. The Morgan fingerprint density at radius 3 is 1.43 bits per heavy atom. The predicted octanol–water partition coefficient (Wildman–Crippen LogP) is 11.3. The Morgan fingerprint density at radius 1 is 0.341 bits per heavy atom. The molecule has 0 aliphatic carbocycles. The minimum atomic E-state index is 0.671. The van der Waals surface area contributed by atoms with Gasteiger partial charge in [-0.3, -0.25) is 0 Å². The average Bonchev–Trinajstić information content (AvgIpc) is 3.67. The zero-order valence-corrected chi connectivity index (χ0v) is 25.1. The summed E-state index contributed by atoms with van der Waals surface area (Å²) in [6.45, 7) is 0. The number of benzene rings is 6. The third-order valence-electron chi connectivity index (χ3n) is 8.15. The Hall–Kier alpha value is -5.23. The minimum Gasteiger partial charge on any atom is -0.208 e. The topological polar surface area (TPSA) is 38.7 Å². The number of rotatable bonds is 4. The van der Waals surface area contributed by atoms with E-state index in [4.69, 9.17) is 15.0 Å². The number of hydrogen-bond donors (Lipinski definition) is 0. The molecule has 0 N–H and O–H groups in total. The van der Waals surface area contributed by atoms with Crippen LogP contribution in [0.3, 0.4) is 0 Å². The van der Waals surface area contributed by atoms with E-state index in [1.54, 1.807) is 0 Å². The molecule has 6 aromatic carbocycles. The van der Waals surface area contributed by atoms with Crippen molar-refractivity contribution < 1.29 is 0 Å². The van der Waals surface area contributed by atoms with Gasteiger partial charge in [-0.25, -0.2) is 15.0 Å². The van der Waals surface area contributed by atoms with Crippen molar-refractivity contribution in [2.45, 2.75) is 0 Å². The van der Waals surface area contributed by atoms with Crippen molar-refractivity contribution in [1.29, 1.82) is 0 Å². The lowest BCUT2D eigenvalue weighted by Crippen LogP contribution is -1.99. The van der Waals surface area contributed by atoms with Gasteiger partial charge < -0.3 is 0 Å². The van der Waals surface area contributed by atoms with Gasteiger partial charge in [0.15, 0.2) is 17.5 Å². The molecule has 0 bridgehead atoms. The second-order valence-electron chi connectivity index (χ2n) is 10.8. The molecule has 206 valence electrons. The molecule has 0 fully saturated rings. The quantitative estimate of drug-likeness (QED) is 0.203. The highest BCUT2D eigenvalue weighted by molar-refractivity contribution is 7.26. The molecular formula is C39H23N3S2. The Labute approximate surface area is 261 Å². The summed E-state index contributed by atoms with van der Waals surface area (Å²) in [5.41, 5.74) is 5.47. The molecule has 0 aliphatic rings. The van der Waals surface area contributed by atoms with E-state index >= 15 is 0 Å². The van der Waals surface area contributed by atoms with Gasteiger partial charge in [0.2, 0.25) is 0 Å². The van der Waals surface area contributed by atoms with Gasteiger partial charge in [0.05, 0.1) is 0 Å². The lowest BCUT2D eigenvalue weighted by Gasteiger charge is -2.09. The fourth-order valence-corrected chi connectivity index (χ4v) is 8.43. The van der Waals surface area contributed by atoms with Gasteiger partial charge in [0, 0.05) is 57.0 Å². The van der Waals surface area contributed by atoms with Gasteiger partial charge in [-0.1, -0.05) is 115 Å². The molecule has 0 saturated carbocycles. The van der Waals surface area contributed by atoms with E-state index in [1.807, 2.05) is 83.3 Å². The Morgan fingerprint density at radius 2 is 0.818 bits per heavy atom. The van der Waals surface area contributed by atoms with Crippen molar-refractivity contribution in [2.75, 3.05) is 0 Å². The van der Waals surface area contributed by atoms with E-state index in [0.717, 1.165) is 16.7 Å². The zero-order chi connectivity index (χ0) is 29.0. The van der Waals surface area contributed by atoms with E-state index in [0.29, 0.717) is 17.5 Å². The molecule has 3 nitrogen and oxygen atoms in total. The molecule has 3 heterocycles. The van der Waals surface area contributed by atoms with Gasteiger partial charge in [0.1, 0.15) is 0 Å². The SMILES string of the molecule is c1ccc(-c2nc(-c3ccccc3)nc(-c3ccc4c(c3)sc3cccc(-c5cccc6sc7ccccc7c56)c34)n2)cc1. The number of fused-ring (bicyclic) bond motifs is 6. The summed E-state index contributed by atoms with van der Waals surface area (Å²) in [7, 11) is 0. The largest absolute Gasteiger partial charge is 0.208 e. The van der Waals surface area contributed by atoms with Crippen molar-refractivity contribution in [1.82, 2.24) is 15.0 Å². The minimum absolute atomic E-state index is 0.671. The van der Waals surface area contributed by atoms with Crippen LogP contribution in [-0.2, 0) is 0 Å². The molecule has 0 atom stereocenters. The van der Waals surface area contributed by atoms with E-state index in [2.05, 4.69) is 78.9 Å². The predicted molar refractivity (Wildman–Crippen MR) is 187 cm³/mol. The first-order chi connectivity index (χ1) is 21.8. The van der Waals surface area contributed by atoms with Gasteiger partial charge in [-0.2, -0.15) is 0 Å². The Kier molecular flexibility index (Phi) is 5.86. The molecule has 0 aliphatic heterocycles. The fourth-order valence-electron chi connectivity index (χ4n) is 6.13. The first-order valence-corrected chi connectivity index (χ1v) is 16.2. The van der Waals surface area contributed by atoms with Crippen LogP contribution in [0.2, 0.25) is 0 Å². The fraction of sp³-hybridized carbons (Fsp3) is 0. The molecule has 0 amide bonds. The number of hydrogen-bond acceptors (Lipinski definition) is 5. The van der Waals surface area contributed by atoms with Crippen molar-refractivity contribution in [3.63, 3.8) is 0 Å². The summed E-state index contributed by atoms with van der Waals surface area (Å²) in [6.07, 6.45) is 0. The van der Waals surface area contributed by atoms with Crippen LogP contribution in [0.4, 0.5) is 0 Å². The molecule has 9 rings (SSSR count). The maximum atomic E-state index is 4.97. The first kappa shape index (κ1) is 25.3. The van der Waals surface area contributed by atoms with Gasteiger partial charge in [0.25, 0.3) is 0 Å². The zero-order valence-electron chi connectivity index (χ0n) is 23.4. The number of nitrogens with zero attached hydrogens (tertiary/aromatic N) is 3. The van der Waals surface area contributed by atoms with Crippen LogP contribution in [0.1, 0.15) is 0 Å². The van der Waals surface area contributed by atoms with Crippen molar-refractivity contribution >= 4 is 63.0 Å². The molecular weight excluding hydrogens is 575 g/mol. The normalized spacial score (nSPS) is 11.6. The number of thiophene rings is 2. The van der Waals surface area contributed by atoms with Gasteiger partial charge in [-0.15, -0.1) is 22.7 Å². The van der Waals surface area contributed by atoms with E-state index < -0.39 is 0 Å². The highest BCUT2D eigenvalue weighted by atomic mass is 32.1. The monoisotopic (exact) mass is 597 g/mol. The van der Waals surface area contributed by atoms with Crippen LogP contribution in [0.25, 0.3) is 85.6 Å². The Balaban J connectivity index is 1.24. The third kappa shape index (κ3) is 4.13. The first-order valence-electron chi connectivity index (χ1n) is 14.5. The standard InChI is InChI=1S/C39H23N3S2/c1-3-11-24(12-4-1)37-40-38(25-13-5-2-6-14-25)42-39(41-37)26-21-22-30-34(23-26)44-33-20-10-17-28(36(30)33)27-16-9-19-32-35(27)29-15-7-8-18-31(29)43-32/h1-23H. The van der Waals surface area contributed by atoms with Crippen molar-refractivity contribution in [3.05, 3.63) is 140 Å². The molecule has 0 saturated heterocycles. The summed E-state index contributed by atoms with van der Waals surface area (Å²) < 4.78 is 5.14. The summed E-state index contributed by atoms with van der Waals surface area (Å²) >= 11 is 3.69. The summed E-state index contributed by atoms with van der Waals surface area (Å²) in [4.78, 5) is 14.8. The lowest BCUT2D eigenvalue weighted by molar-refractivity contribution is 1.07. The third-order valence-corrected chi connectivity index (χ3v) is 10.4. The number of aromatic nitrogens is 3.